The summed E-state index contributed by atoms with van der Waals surface area (Å²) in [6.45, 7) is 0.953. The maximum atomic E-state index is 13.1. The van der Waals surface area contributed by atoms with Crippen molar-refractivity contribution in [3.05, 3.63) is 41.7 Å². The van der Waals surface area contributed by atoms with Gasteiger partial charge in [0.15, 0.2) is 5.75 Å². The summed E-state index contributed by atoms with van der Waals surface area (Å²) in [7, 11) is 1.41. The van der Waals surface area contributed by atoms with Crippen molar-refractivity contribution in [1.82, 2.24) is 14.8 Å². The topological polar surface area (TPSA) is 103 Å². The van der Waals surface area contributed by atoms with Gasteiger partial charge in [-0.3, -0.25) is 4.68 Å². The van der Waals surface area contributed by atoms with E-state index in [2.05, 4.69) is 10.1 Å². The minimum Gasteiger partial charge on any atom is -0.492 e. The molecule has 7 nitrogen and oxygen atoms in total. The summed E-state index contributed by atoms with van der Waals surface area (Å²) in [5.74, 6) is -3.24. The van der Waals surface area contributed by atoms with Crippen molar-refractivity contribution in [3.63, 3.8) is 0 Å². The Balaban J connectivity index is 0.000000351. The molecule has 0 saturated heterocycles. The van der Waals surface area contributed by atoms with E-state index in [0.717, 1.165) is 11.1 Å². The fraction of sp³-hybridized carbons (Fsp3) is 0.308. The van der Waals surface area contributed by atoms with Gasteiger partial charge < -0.3 is 15.6 Å². The van der Waals surface area contributed by atoms with E-state index in [4.69, 9.17) is 20.4 Å². The summed E-state index contributed by atoms with van der Waals surface area (Å²) < 4.78 is 51.4. The van der Waals surface area contributed by atoms with Gasteiger partial charge in [-0.15, -0.1) is 0 Å². The Morgan fingerprint density at radius 1 is 1.38 bits per heavy atom. The number of carboxylic acid groups (broad SMARTS) is 1. The summed E-state index contributed by atoms with van der Waals surface area (Å²) in [5, 5.41) is 11.3. The number of carbonyl (C=O) groups is 1. The van der Waals surface area contributed by atoms with E-state index in [1.54, 1.807) is 16.9 Å². The summed E-state index contributed by atoms with van der Waals surface area (Å²) in [6, 6.07) is 1.60. The monoisotopic (exact) mass is 350 g/mol. The molecule has 0 unspecified atom stereocenters. The number of hydrogen-bond acceptors (Lipinski definition) is 5. The smallest absolute Gasteiger partial charge is 0.490 e. The van der Waals surface area contributed by atoms with Gasteiger partial charge in [0.1, 0.15) is 0 Å². The summed E-state index contributed by atoms with van der Waals surface area (Å²) >= 11 is 0. The second-order valence-electron chi connectivity index (χ2n) is 4.39. The Bertz CT molecular complexity index is 688. The number of halogens is 4. The lowest BCUT2D eigenvalue weighted by Crippen LogP contribution is -2.21. The van der Waals surface area contributed by atoms with Gasteiger partial charge in [-0.05, 0) is 11.6 Å². The molecule has 0 spiro atoms. The van der Waals surface area contributed by atoms with E-state index in [-0.39, 0.29) is 5.75 Å². The van der Waals surface area contributed by atoms with Crippen molar-refractivity contribution in [2.24, 2.45) is 5.73 Å². The zero-order valence-corrected chi connectivity index (χ0v) is 12.4. The predicted molar refractivity (Wildman–Crippen MR) is 73.7 cm³/mol. The van der Waals surface area contributed by atoms with E-state index in [9.17, 15) is 17.6 Å². The first-order chi connectivity index (χ1) is 11.2. The van der Waals surface area contributed by atoms with Crippen molar-refractivity contribution in [3.8, 4) is 5.75 Å². The van der Waals surface area contributed by atoms with Gasteiger partial charge in [-0.2, -0.15) is 22.7 Å². The standard InChI is InChI=1S/C11H13FN4O.C2HF3O2/c1-17-10-2-8(4-14-11(10)12)6-16-7-9(3-13)5-15-16;3-2(4,5)1(6)7/h2,4-5,7H,3,6,13H2,1H3;(H,6,7). The molecular weight excluding hydrogens is 336 g/mol. The number of nitrogens with two attached hydrogens (primary N) is 1. The lowest BCUT2D eigenvalue weighted by Gasteiger charge is -2.05. The third-order valence-corrected chi connectivity index (χ3v) is 2.59. The van der Waals surface area contributed by atoms with Crippen LogP contribution in [-0.4, -0.2) is 39.1 Å². The quantitative estimate of drug-likeness (QED) is 0.641. The minimum atomic E-state index is -5.08. The molecule has 0 aromatic carbocycles. The first-order valence-corrected chi connectivity index (χ1v) is 6.37. The summed E-state index contributed by atoms with van der Waals surface area (Å²) in [6.07, 6.45) is -0.0777. The number of hydrogen-bond donors (Lipinski definition) is 2. The first-order valence-electron chi connectivity index (χ1n) is 6.37. The Labute approximate surface area is 133 Å². The molecule has 0 radical (unpaired) electrons. The SMILES string of the molecule is COc1cc(Cn2cc(CN)cn2)cnc1F.O=C(O)C(F)(F)F. The van der Waals surface area contributed by atoms with Gasteiger partial charge in [0, 0.05) is 24.5 Å². The van der Waals surface area contributed by atoms with E-state index < -0.39 is 18.1 Å². The van der Waals surface area contributed by atoms with Crippen LogP contribution in [0, 0.1) is 5.95 Å². The van der Waals surface area contributed by atoms with Crippen LogP contribution >= 0.6 is 0 Å². The highest BCUT2D eigenvalue weighted by atomic mass is 19.4. The Morgan fingerprint density at radius 3 is 2.46 bits per heavy atom. The molecule has 2 aromatic rings. The van der Waals surface area contributed by atoms with Crippen LogP contribution in [0.5, 0.6) is 5.75 Å². The van der Waals surface area contributed by atoms with Crippen LogP contribution in [0.4, 0.5) is 17.6 Å². The van der Waals surface area contributed by atoms with Crippen LogP contribution in [0.1, 0.15) is 11.1 Å². The van der Waals surface area contributed by atoms with E-state index in [1.807, 2.05) is 6.20 Å². The van der Waals surface area contributed by atoms with Crippen molar-refractivity contribution in [2.75, 3.05) is 7.11 Å². The molecule has 2 rings (SSSR count). The van der Waals surface area contributed by atoms with Crippen molar-refractivity contribution >= 4 is 5.97 Å². The maximum Gasteiger partial charge on any atom is 0.490 e. The van der Waals surface area contributed by atoms with E-state index in [1.165, 1.54) is 13.3 Å². The molecule has 0 atom stereocenters. The van der Waals surface area contributed by atoms with Crippen LogP contribution in [-0.2, 0) is 17.9 Å². The molecular formula is C13H14F4N4O3. The minimum absolute atomic E-state index is 0.133. The number of aliphatic carboxylic acids is 1. The fourth-order valence-corrected chi connectivity index (χ4v) is 1.48. The molecule has 0 amide bonds. The fourth-order valence-electron chi connectivity index (χ4n) is 1.48. The highest BCUT2D eigenvalue weighted by molar-refractivity contribution is 5.73. The average molecular weight is 350 g/mol. The van der Waals surface area contributed by atoms with Crippen LogP contribution in [0.2, 0.25) is 0 Å². The Morgan fingerprint density at radius 2 is 2.00 bits per heavy atom. The average Bonchev–Trinajstić information content (AvgIpc) is 2.96. The molecule has 2 aromatic heterocycles. The number of alkyl halides is 3. The van der Waals surface area contributed by atoms with Gasteiger partial charge in [-0.1, -0.05) is 0 Å². The summed E-state index contributed by atoms with van der Waals surface area (Å²) in [5.41, 5.74) is 7.25. The number of pyridine rings is 1. The lowest BCUT2D eigenvalue weighted by molar-refractivity contribution is -0.192. The van der Waals surface area contributed by atoms with Gasteiger partial charge >= 0.3 is 12.1 Å². The maximum absolute atomic E-state index is 13.1. The third-order valence-electron chi connectivity index (χ3n) is 2.59. The van der Waals surface area contributed by atoms with E-state index >= 15 is 0 Å². The number of aromatic nitrogens is 3. The second kappa shape index (κ2) is 8.24. The number of methoxy groups -OCH3 is 1. The molecule has 24 heavy (non-hydrogen) atoms. The molecule has 11 heteroatoms. The van der Waals surface area contributed by atoms with E-state index in [0.29, 0.717) is 13.1 Å². The molecule has 3 N–H and O–H groups in total. The molecule has 0 aliphatic heterocycles. The number of carboxylic acids is 1. The molecule has 0 saturated carbocycles. The molecule has 0 fully saturated rings. The third kappa shape index (κ3) is 5.83. The zero-order chi connectivity index (χ0) is 18.3. The van der Waals surface area contributed by atoms with Gasteiger partial charge in [0.25, 0.3) is 5.95 Å². The molecule has 132 valence electrons. The van der Waals surface area contributed by atoms with Gasteiger partial charge in [0.05, 0.1) is 19.9 Å². The van der Waals surface area contributed by atoms with Crippen LogP contribution in [0.15, 0.2) is 24.7 Å². The first kappa shape index (κ1) is 19.4. The summed E-state index contributed by atoms with van der Waals surface area (Å²) in [4.78, 5) is 12.5. The number of ether oxygens (including phenoxy) is 1. The highest BCUT2D eigenvalue weighted by Crippen LogP contribution is 2.16. The Kier molecular flexibility index (Phi) is 6.65. The lowest BCUT2D eigenvalue weighted by atomic mass is 10.2. The largest absolute Gasteiger partial charge is 0.492 e. The predicted octanol–water partition coefficient (Wildman–Crippen LogP) is 1.57. The van der Waals surface area contributed by atoms with Crippen LogP contribution < -0.4 is 10.5 Å². The molecule has 0 aliphatic carbocycles. The molecule has 0 aliphatic rings. The van der Waals surface area contributed by atoms with Crippen LogP contribution in [0.25, 0.3) is 0 Å². The van der Waals surface area contributed by atoms with Gasteiger partial charge in [-0.25, -0.2) is 9.78 Å². The van der Waals surface area contributed by atoms with Crippen molar-refractivity contribution in [2.45, 2.75) is 19.3 Å². The van der Waals surface area contributed by atoms with Crippen molar-refractivity contribution in [1.29, 1.82) is 0 Å². The normalized spacial score (nSPS) is 10.8. The van der Waals surface area contributed by atoms with Crippen molar-refractivity contribution < 1.29 is 32.2 Å². The van der Waals surface area contributed by atoms with Gasteiger partial charge in [0.2, 0.25) is 0 Å². The number of nitrogens with zero attached hydrogens (tertiary/aromatic N) is 3. The molecule has 2 heterocycles. The van der Waals surface area contributed by atoms with Crippen LogP contribution in [0.3, 0.4) is 0 Å². The molecule has 0 bridgehead atoms. The zero-order valence-electron chi connectivity index (χ0n) is 12.4. The number of rotatable bonds is 4. The second-order valence-corrected chi connectivity index (χ2v) is 4.39. The Hall–Kier alpha value is -2.69. The highest BCUT2D eigenvalue weighted by Gasteiger charge is 2.38.